The van der Waals surface area contributed by atoms with Crippen LogP contribution in [0.4, 0.5) is 0 Å². The molecule has 0 aliphatic rings. The average Bonchev–Trinajstić information content (AvgIpc) is 2.54. The van der Waals surface area contributed by atoms with Gasteiger partial charge in [0.1, 0.15) is 11.8 Å². The molecule has 1 N–H and O–H groups in total. The van der Waals surface area contributed by atoms with Gasteiger partial charge in [-0.1, -0.05) is 12.1 Å². The number of pyridine rings is 1. The van der Waals surface area contributed by atoms with Crippen LogP contribution in [0.25, 0.3) is 11.1 Å². The Labute approximate surface area is 124 Å². The third-order valence-electron chi connectivity index (χ3n) is 3.24. The summed E-state index contributed by atoms with van der Waals surface area (Å²) in [6.07, 6.45) is 4.84. The van der Waals surface area contributed by atoms with E-state index in [-0.39, 0.29) is 0 Å². The Hall–Kier alpha value is -2.64. The molecule has 2 rings (SSSR count). The molecule has 0 saturated heterocycles. The van der Waals surface area contributed by atoms with Crippen molar-refractivity contribution in [2.24, 2.45) is 0 Å². The van der Waals surface area contributed by atoms with Gasteiger partial charge in [-0.3, -0.25) is 4.98 Å². The highest BCUT2D eigenvalue weighted by molar-refractivity contribution is 5.70. The first-order valence-electron chi connectivity index (χ1n) is 6.52. The number of nitrogens with zero attached hydrogens (tertiary/aromatic N) is 2. The van der Waals surface area contributed by atoms with Gasteiger partial charge in [0.2, 0.25) is 0 Å². The second-order valence-corrected chi connectivity index (χ2v) is 4.53. The number of nitriles is 1. The van der Waals surface area contributed by atoms with Gasteiger partial charge in [-0.15, -0.1) is 6.58 Å². The van der Waals surface area contributed by atoms with Crippen LogP contribution in [-0.2, 0) is 0 Å². The molecule has 0 amide bonds. The monoisotopic (exact) mass is 280 g/mol. The quantitative estimate of drug-likeness (QED) is 0.854. The maximum Gasteiger partial charge on any atom is 0.137 e. The van der Waals surface area contributed by atoms with Crippen LogP contribution in [0.2, 0.25) is 0 Å². The van der Waals surface area contributed by atoms with Crippen molar-refractivity contribution < 1.29 is 9.84 Å². The second-order valence-electron chi connectivity index (χ2n) is 4.53. The fourth-order valence-corrected chi connectivity index (χ4v) is 2.17. The molecule has 0 radical (unpaired) electrons. The molecule has 1 aromatic carbocycles. The van der Waals surface area contributed by atoms with Crippen LogP contribution < -0.4 is 4.74 Å². The highest BCUT2D eigenvalue weighted by Crippen LogP contribution is 2.32. The van der Waals surface area contributed by atoms with Gasteiger partial charge in [0.05, 0.1) is 18.8 Å². The highest BCUT2D eigenvalue weighted by Gasteiger charge is 2.14. The fourth-order valence-electron chi connectivity index (χ4n) is 2.17. The summed E-state index contributed by atoms with van der Waals surface area (Å²) in [5.41, 5.74) is 2.90. The van der Waals surface area contributed by atoms with E-state index in [0.29, 0.717) is 17.7 Å². The first-order chi connectivity index (χ1) is 10.2. The Bertz CT molecular complexity index is 689. The molecule has 21 heavy (non-hydrogen) atoms. The first-order valence-corrected chi connectivity index (χ1v) is 6.52. The lowest BCUT2D eigenvalue weighted by Gasteiger charge is -2.14. The van der Waals surface area contributed by atoms with Gasteiger partial charge >= 0.3 is 0 Å². The summed E-state index contributed by atoms with van der Waals surface area (Å²) in [6, 6.07) is 9.16. The van der Waals surface area contributed by atoms with Crippen LogP contribution in [-0.4, -0.2) is 17.2 Å². The van der Waals surface area contributed by atoms with E-state index in [2.05, 4.69) is 17.6 Å². The predicted molar refractivity (Wildman–Crippen MR) is 80.7 cm³/mol. The average molecular weight is 280 g/mol. The number of hydrogen-bond donors (Lipinski definition) is 1. The molecule has 106 valence electrons. The summed E-state index contributed by atoms with van der Waals surface area (Å²) in [5.74, 6) is 0.503. The van der Waals surface area contributed by atoms with Crippen molar-refractivity contribution >= 4 is 0 Å². The lowest BCUT2D eigenvalue weighted by atomic mass is 9.96. The van der Waals surface area contributed by atoms with Gasteiger partial charge in [-0.05, 0) is 35.7 Å². The summed E-state index contributed by atoms with van der Waals surface area (Å²) in [5, 5.41) is 19.2. The van der Waals surface area contributed by atoms with Crippen molar-refractivity contribution in [1.29, 1.82) is 5.26 Å². The van der Waals surface area contributed by atoms with E-state index < -0.39 is 6.10 Å². The predicted octanol–water partition coefficient (Wildman–Crippen LogP) is 3.24. The zero-order valence-corrected chi connectivity index (χ0v) is 11.8. The zero-order chi connectivity index (χ0) is 15.2. The van der Waals surface area contributed by atoms with Gasteiger partial charge in [-0.2, -0.15) is 5.26 Å². The number of benzene rings is 1. The van der Waals surface area contributed by atoms with Crippen molar-refractivity contribution in [3.8, 4) is 22.9 Å². The van der Waals surface area contributed by atoms with Gasteiger partial charge in [-0.25, -0.2) is 0 Å². The molecule has 1 heterocycles. The van der Waals surface area contributed by atoms with E-state index in [1.807, 2.05) is 6.07 Å². The Morgan fingerprint density at radius 3 is 2.95 bits per heavy atom. The molecule has 0 saturated carbocycles. The number of aliphatic hydroxyl groups excluding tert-OH is 1. The lowest BCUT2D eigenvalue weighted by molar-refractivity contribution is 0.182. The van der Waals surface area contributed by atoms with Crippen LogP contribution in [0.3, 0.4) is 0 Å². The molecule has 0 fully saturated rings. The minimum atomic E-state index is -0.637. The van der Waals surface area contributed by atoms with Crippen molar-refractivity contribution in [2.75, 3.05) is 7.11 Å². The van der Waals surface area contributed by atoms with Crippen molar-refractivity contribution in [3.63, 3.8) is 0 Å². The van der Waals surface area contributed by atoms with E-state index in [1.165, 1.54) is 7.11 Å². The Kier molecular flexibility index (Phi) is 4.70. The topological polar surface area (TPSA) is 66.1 Å². The first kappa shape index (κ1) is 14.8. The smallest absolute Gasteiger partial charge is 0.137 e. The number of ether oxygens (including phenoxy) is 1. The van der Waals surface area contributed by atoms with Crippen molar-refractivity contribution in [1.82, 2.24) is 4.98 Å². The molecule has 0 spiro atoms. The summed E-state index contributed by atoms with van der Waals surface area (Å²) < 4.78 is 5.22. The van der Waals surface area contributed by atoms with E-state index >= 15 is 0 Å². The third kappa shape index (κ3) is 3.10. The maximum absolute atomic E-state index is 10.2. The summed E-state index contributed by atoms with van der Waals surface area (Å²) in [4.78, 5) is 4.12. The third-order valence-corrected chi connectivity index (χ3v) is 3.24. The minimum absolute atomic E-state index is 0.463. The Balaban J connectivity index is 2.52. The van der Waals surface area contributed by atoms with E-state index in [0.717, 1.165) is 16.7 Å². The zero-order valence-electron chi connectivity index (χ0n) is 11.8. The molecule has 0 aliphatic carbocycles. The lowest BCUT2D eigenvalue weighted by Crippen LogP contribution is -2.00. The fraction of sp³-hybridized carbons (Fsp3) is 0.176. The van der Waals surface area contributed by atoms with Crippen molar-refractivity contribution in [3.05, 3.63) is 60.4 Å². The number of methoxy groups -OCH3 is 1. The van der Waals surface area contributed by atoms with Gasteiger partial charge in [0, 0.05) is 18.0 Å². The number of hydrogen-bond acceptors (Lipinski definition) is 4. The molecule has 1 aromatic heterocycles. The van der Waals surface area contributed by atoms with Gasteiger partial charge < -0.3 is 9.84 Å². The van der Waals surface area contributed by atoms with Crippen LogP contribution in [0.5, 0.6) is 5.75 Å². The van der Waals surface area contributed by atoms with Crippen LogP contribution in [0.15, 0.2) is 49.3 Å². The normalized spacial score (nSPS) is 11.5. The molecule has 0 aliphatic heterocycles. The van der Waals surface area contributed by atoms with Crippen LogP contribution in [0.1, 0.15) is 23.7 Å². The molecule has 0 unspecified atom stereocenters. The van der Waals surface area contributed by atoms with E-state index in [9.17, 15) is 5.11 Å². The molecular formula is C17H16N2O2. The summed E-state index contributed by atoms with van der Waals surface area (Å²) in [6.45, 7) is 3.65. The number of aliphatic hydroxyl groups is 1. The molecule has 2 aromatic rings. The van der Waals surface area contributed by atoms with Gasteiger partial charge in [0.15, 0.2) is 0 Å². The molecule has 4 nitrogen and oxygen atoms in total. The molecular weight excluding hydrogens is 264 g/mol. The van der Waals surface area contributed by atoms with E-state index in [1.54, 1.807) is 36.7 Å². The highest BCUT2D eigenvalue weighted by atomic mass is 16.5. The minimum Gasteiger partial charge on any atom is -0.495 e. The Morgan fingerprint density at radius 2 is 2.29 bits per heavy atom. The largest absolute Gasteiger partial charge is 0.495 e. The number of rotatable bonds is 5. The number of aromatic nitrogens is 1. The van der Waals surface area contributed by atoms with E-state index in [4.69, 9.17) is 10.00 Å². The molecule has 4 heteroatoms. The standard InChI is InChI=1S/C17H16N2O2/c1-3-4-16(20)14-7-8-19-11-15(14)12-5-6-13(10-18)17(9-12)21-2/h3,5-9,11,16,20H,1,4H2,2H3/t16-/m0/s1. The second kappa shape index (κ2) is 6.69. The van der Waals surface area contributed by atoms with Crippen molar-refractivity contribution in [2.45, 2.75) is 12.5 Å². The Morgan fingerprint density at radius 1 is 1.48 bits per heavy atom. The SMILES string of the molecule is C=CC[C@H](O)c1ccncc1-c1ccc(C#N)c(OC)c1. The summed E-state index contributed by atoms with van der Waals surface area (Å²) in [7, 11) is 1.52. The van der Waals surface area contributed by atoms with Crippen LogP contribution >= 0.6 is 0 Å². The van der Waals surface area contributed by atoms with Gasteiger partial charge in [0.25, 0.3) is 0 Å². The molecule has 1 atom stereocenters. The summed E-state index contributed by atoms with van der Waals surface area (Å²) >= 11 is 0. The van der Waals surface area contributed by atoms with Crippen LogP contribution in [0, 0.1) is 11.3 Å². The maximum atomic E-state index is 10.2. The molecule has 0 bridgehead atoms.